The number of rotatable bonds is 5. The molecular formula is C16H22BrNO. The van der Waals surface area contributed by atoms with Gasteiger partial charge in [0.25, 0.3) is 0 Å². The highest BCUT2D eigenvalue weighted by atomic mass is 79.9. The zero-order chi connectivity index (χ0) is 13.1. The molecule has 1 N–H and O–H groups in total. The van der Waals surface area contributed by atoms with Crippen LogP contribution >= 0.6 is 15.9 Å². The molecule has 1 aromatic carbocycles. The van der Waals surface area contributed by atoms with Crippen molar-refractivity contribution in [1.82, 2.24) is 5.32 Å². The number of piperidine rings is 1. The average molecular weight is 324 g/mol. The monoisotopic (exact) mass is 323 g/mol. The van der Waals surface area contributed by atoms with Gasteiger partial charge in [0.05, 0.1) is 11.1 Å². The molecule has 0 amide bonds. The minimum atomic E-state index is 0.645. The van der Waals surface area contributed by atoms with Gasteiger partial charge in [-0.3, -0.25) is 0 Å². The Labute approximate surface area is 124 Å². The highest BCUT2D eigenvalue weighted by molar-refractivity contribution is 9.10. The van der Waals surface area contributed by atoms with E-state index in [9.17, 15) is 0 Å². The first-order valence-electron chi connectivity index (χ1n) is 7.46. The summed E-state index contributed by atoms with van der Waals surface area (Å²) in [7, 11) is 0. The van der Waals surface area contributed by atoms with Gasteiger partial charge in [0.15, 0.2) is 0 Å². The molecule has 1 aromatic rings. The van der Waals surface area contributed by atoms with Crippen molar-refractivity contribution < 1.29 is 4.74 Å². The first kappa shape index (κ1) is 13.4. The van der Waals surface area contributed by atoms with Crippen LogP contribution in [-0.2, 0) is 6.42 Å². The number of benzene rings is 1. The zero-order valence-electron chi connectivity index (χ0n) is 11.3. The molecule has 1 saturated carbocycles. The number of nitrogens with one attached hydrogen (secondary N) is 1. The maximum absolute atomic E-state index is 5.92. The Balaban J connectivity index is 1.61. The SMILES string of the molecule is Brc1ccc(CC2CCCCN2)cc1OCC1CC1. The van der Waals surface area contributed by atoms with Crippen molar-refractivity contribution >= 4 is 15.9 Å². The molecule has 0 radical (unpaired) electrons. The molecule has 0 aromatic heterocycles. The van der Waals surface area contributed by atoms with Gasteiger partial charge in [0.1, 0.15) is 5.75 Å². The van der Waals surface area contributed by atoms with Gasteiger partial charge in [-0.15, -0.1) is 0 Å². The van der Waals surface area contributed by atoms with Crippen LogP contribution in [0.25, 0.3) is 0 Å². The van der Waals surface area contributed by atoms with Crippen LogP contribution in [0.5, 0.6) is 5.75 Å². The van der Waals surface area contributed by atoms with Crippen LogP contribution < -0.4 is 10.1 Å². The molecule has 3 heteroatoms. The molecule has 3 rings (SSSR count). The van der Waals surface area contributed by atoms with E-state index in [4.69, 9.17) is 4.74 Å². The standard InChI is InChI=1S/C16H22BrNO/c17-15-7-6-13(9-14-3-1-2-8-18-14)10-16(15)19-11-12-4-5-12/h6-7,10,12,14,18H,1-5,8-9,11H2. The van der Waals surface area contributed by atoms with Gasteiger partial charge in [0.2, 0.25) is 0 Å². The topological polar surface area (TPSA) is 21.3 Å². The second-order valence-electron chi connectivity index (χ2n) is 5.87. The fraction of sp³-hybridized carbons (Fsp3) is 0.625. The summed E-state index contributed by atoms with van der Waals surface area (Å²) in [5.74, 6) is 1.82. The lowest BCUT2D eigenvalue weighted by atomic mass is 9.98. The molecule has 1 heterocycles. The van der Waals surface area contributed by atoms with Gasteiger partial charge < -0.3 is 10.1 Å². The Morgan fingerprint density at radius 1 is 1.21 bits per heavy atom. The number of halogens is 1. The van der Waals surface area contributed by atoms with Crippen LogP contribution in [0, 0.1) is 5.92 Å². The van der Waals surface area contributed by atoms with E-state index in [0.29, 0.717) is 6.04 Å². The highest BCUT2D eigenvalue weighted by Gasteiger charge is 2.22. The van der Waals surface area contributed by atoms with Gasteiger partial charge in [0, 0.05) is 6.04 Å². The van der Waals surface area contributed by atoms with Gasteiger partial charge in [-0.2, -0.15) is 0 Å². The van der Waals surface area contributed by atoms with E-state index < -0.39 is 0 Å². The minimum absolute atomic E-state index is 0.645. The lowest BCUT2D eigenvalue weighted by molar-refractivity contribution is 0.297. The summed E-state index contributed by atoms with van der Waals surface area (Å²) in [6, 6.07) is 7.19. The summed E-state index contributed by atoms with van der Waals surface area (Å²) in [4.78, 5) is 0. The number of ether oxygens (including phenoxy) is 1. The van der Waals surface area contributed by atoms with Crippen LogP contribution in [0.2, 0.25) is 0 Å². The molecule has 19 heavy (non-hydrogen) atoms. The predicted molar refractivity (Wildman–Crippen MR) is 81.7 cm³/mol. The summed E-state index contributed by atoms with van der Waals surface area (Å²) in [5.41, 5.74) is 1.38. The average Bonchev–Trinajstić information content (AvgIpc) is 3.25. The maximum atomic E-state index is 5.92. The Hall–Kier alpha value is -0.540. The van der Waals surface area contributed by atoms with Crippen molar-refractivity contribution in [2.24, 2.45) is 5.92 Å². The van der Waals surface area contributed by atoms with Crippen LogP contribution in [0.1, 0.15) is 37.7 Å². The Kier molecular flexibility index (Phi) is 4.44. The fourth-order valence-electron chi connectivity index (χ4n) is 2.66. The van der Waals surface area contributed by atoms with Crippen molar-refractivity contribution in [3.05, 3.63) is 28.2 Å². The first-order valence-corrected chi connectivity index (χ1v) is 8.25. The van der Waals surface area contributed by atoms with E-state index >= 15 is 0 Å². The van der Waals surface area contributed by atoms with E-state index in [1.165, 1.54) is 44.2 Å². The Bertz CT molecular complexity index is 425. The molecule has 2 nitrogen and oxygen atoms in total. The molecule has 1 aliphatic heterocycles. The van der Waals surface area contributed by atoms with E-state index in [2.05, 4.69) is 39.4 Å². The minimum Gasteiger partial charge on any atom is -0.492 e. The molecule has 1 unspecified atom stereocenters. The molecule has 104 valence electrons. The van der Waals surface area contributed by atoms with Crippen LogP contribution in [0.4, 0.5) is 0 Å². The lowest BCUT2D eigenvalue weighted by Gasteiger charge is -2.23. The van der Waals surface area contributed by atoms with Crippen LogP contribution in [0.15, 0.2) is 22.7 Å². The van der Waals surface area contributed by atoms with Crippen molar-refractivity contribution in [2.45, 2.75) is 44.6 Å². The van der Waals surface area contributed by atoms with E-state index in [0.717, 1.165) is 29.2 Å². The van der Waals surface area contributed by atoms with Crippen molar-refractivity contribution in [3.8, 4) is 5.75 Å². The second kappa shape index (κ2) is 6.27. The van der Waals surface area contributed by atoms with Gasteiger partial charge >= 0.3 is 0 Å². The van der Waals surface area contributed by atoms with Crippen molar-refractivity contribution in [2.75, 3.05) is 13.2 Å². The molecule has 2 fully saturated rings. The summed E-state index contributed by atoms with van der Waals surface area (Å²) in [6.07, 6.45) is 7.78. The summed E-state index contributed by atoms with van der Waals surface area (Å²) < 4.78 is 7.00. The predicted octanol–water partition coefficient (Wildman–Crippen LogP) is 3.92. The van der Waals surface area contributed by atoms with Crippen LogP contribution in [0.3, 0.4) is 0 Å². The molecule has 1 aliphatic carbocycles. The highest BCUT2D eigenvalue weighted by Crippen LogP contribution is 2.32. The van der Waals surface area contributed by atoms with Crippen molar-refractivity contribution in [1.29, 1.82) is 0 Å². The lowest BCUT2D eigenvalue weighted by Crippen LogP contribution is -2.35. The largest absolute Gasteiger partial charge is 0.492 e. The second-order valence-corrected chi connectivity index (χ2v) is 6.72. The maximum Gasteiger partial charge on any atom is 0.133 e. The molecule has 1 atom stereocenters. The van der Waals surface area contributed by atoms with E-state index in [-0.39, 0.29) is 0 Å². The van der Waals surface area contributed by atoms with Gasteiger partial charge in [-0.1, -0.05) is 12.5 Å². The normalized spacial score (nSPS) is 23.3. The van der Waals surface area contributed by atoms with Crippen LogP contribution in [-0.4, -0.2) is 19.2 Å². The molecule has 0 bridgehead atoms. The third-order valence-electron chi connectivity index (χ3n) is 4.06. The summed E-state index contributed by atoms with van der Waals surface area (Å²) >= 11 is 3.59. The molecular weight excluding hydrogens is 302 g/mol. The van der Waals surface area contributed by atoms with Gasteiger partial charge in [-0.05, 0) is 78.2 Å². The quantitative estimate of drug-likeness (QED) is 0.886. The molecule has 1 saturated heterocycles. The zero-order valence-corrected chi connectivity index (χ0v) is 12.9. The smallest absolute Gasteiger partial charge is 0.133 e. The Morgan fingerprint density at radius 2 is 2.11 bits per heavy atom. The van der Waals surface area contributed by atoms with Crippen molar-refractivity contribution in [3.63, 3.8) is 0 Å². The fourth-order valence-corrected chi connectivity index (χ4v) is 3.02. The third kappa shape index (κ3) is 3.96. The third-order valence-corrected chi connectivity index (χ3v) is 4.72. The summed E-state index contributed by atoms with van der Waals surface area (Å²) in [5, 5.41) is 3.61. The van der Waals surface area contributed by atoms with Gasteiger partial charge in [-0.25, -0.2) is 0 Å². The summed E-state index contributed by atoms with van der Waals surface area (Å²) in [6.45, 7) is 2.05. The first-order chi connectivity index (χ1) is 9.31. The Morgan fingerprint density at radius 3 is 2.84 bits per heavy atom. The number of hydrogen-bond donors (Lipinski definition) is 1. The molecule has 0 spiro atoms. The number of hydrogen-bond acceptors (Lipinski definition) is 2. The molecule has 2 aliphatic rings. The van der Waals surface area contributed by atoms with E-state index in [1.807, 2.05) is 0 Å². The van der Waals surface area contributed by atoms with E-state index in [1.54, 1.807) is 0 Å².